The maximum atomic E-state index is 6.13. The highest BCUT2D eigenvalue weighted by Gasteiger charge is 2.34. The molecule has 0 bridgehead atoms. The summed E-state index contributed by atoms with van der Waals surface area (Å²) in [5.74, 6) is 0. The predicted octanol–water partition coefficient (Wildman–Crippen LogP) is 3.32. The summed E-state index contributed by atoms with van der Waals surface area (Å²) in [4.78, 5) is 12.3. The van der Waals surface area contributed by atoms with Gasteiger partial charge in [0, 0.05) is 42.1 Å². The molecule has 2 fully saturated rings. The lowest BCUT2D eigenvalue weighted by atomic mass is 10.0. The van der Waals surface area contributed by atoms with Crippen molar-refractivity contribution < 1.29 is 4.74 Å². The average molecular weight is 343 g/mol. The normalized spacial score (nSPS) is 25.3. The zero-order valence-corrected chi connectivity index (χ0v) is 15.0. The van der Waals surface area contributed by atoms with Crippen molar-refractivity contribution in [2.75, 3.05) is 31.1 Å². The van der Waals surface area contributed by atoms with Crippen LogP contribution in [0.4, 0.5) is 5.69 Å². The van der Waals surface area contributed by atoms with Gasteiger partial charge >= 0.3 is 0 Å². The Morgan fingerprint density at radius 1 is 1.21 bits per heavy atom. The first-order chi connectivity index (χ1) is 11.8. The topological polar surface area (TPSA) is 28.6 Å². The molecule has 0 aliphatic carbocycles. The third-order valence-electron chi connectivity index (χ3n) is 5.12. The van der Waals surface area contributed by atoms with Gasteiger partial charge in [0.25, 0.3) is 0 Å². The van der Waals surface area contributed by atoms with Crippen molar-refractivity contribution in [3.8, 4) is 0 Å². The second-order valence-electron chi connectivity index (χ2n) is 6.75. The van der Waals surface area contributed by atoms with E-state index in [2.05, 4.69) is 39.9 Å². The van der Waals surface area contributed by atoms with Gasteiger partial charge in [-0.3, -0.25) is 9.88 Å². The average Bonchev–Trinajstić information content (AvgIpc) is 2.91. The molecule has 24 heavy (non-hydrogen) atoms. The highest BCUT2D eigenvalue weighted by Crippen LogP contribution is 2.29. The number of rotatable bonds is 3. The highest BCUT2D eigenvalue weighted by atomic mass is 32.1. The molecular formula is C19H25N3OS. The molecule has 4 heterocycles. The SMILES string of the molecule is Cc1ccc(CN2CC[C@@H]3[C@@H](CC2)OCCN3c2cccnc2)s1. The van der Waals surface area contributed by atoms with Crippen LogP contribution in [0.5, 0.6) is 0 Å². The molecule has 0 radical (unpaired) electrons. The summed E-state index contributed by atoms with van der Waals surface area (Å²) in [7, 11) is 0. The standard InChI is InChI=1S/C19H25N3OS/c1-15-4-5-17(24-15)14-21-9-6-18-19(7-10-21)23-12-11-22(18)16-3-2-8-20-13-16/h2-5,8,13,18-19H,6-7,9-12,14H2,1H3/t18-,19-/m1/s1. The largest absolute Gasteiger partial charge is 0.374 e. The number of aromatic nitrogens is 1. The molecule has 2 aromatic heterocycles. The van der Waals surface area contributed by atoms with E-state index in [0.29, 0.717) is 12.1 Å². The lowest BCUT2D eigenvalue weighted by Crippen LogP contribution is -2.51. The Bertz CT molecular complexity index is 660. The summed E-state index contributed by atoms with van der Waals surface area (Å²) in [5.41, 5.74) is 1.23. The molecule has 0 N–H and O–H groups in total. The van der Waals surface area contributed by atoms with Crippen LogP contribution in [0.1, 0.15) is 22.6 Å². The molecule has 2 aromatic rings. The van der Waals surface area contributed by atoms with Gasteiger partial charge in [-0.2, -0.15) is 0 Å². The van der Waals surface area contributed by atoms with Crippen molar-refractivity contribution in [2.24, 2.45) is 0 Å². The number of nitrogens with zero attached hydrogens (tertiary/aromatic N) is 3. The minimum Gasteiger partial charge on any atom is -0.374 e. The van der Waals surface area contributed by atoms with Gasteiger partial charge in [0.15, 0.2) is 0 Å². The molecule has 0 unspecified atom stereocenters. The van der Waals surface area contributed by atoms with E-state index in [9.17, 15) is 0 Å². The minimum absolute atomic E-state index is 0.342. The van der Waals surface area contributed by atoms with E-state index in [4.69, 9.17) is 4.74 Å². The van der Waals surface area contributed by atoms with Gasteiger partial charge in [-0.25, -0.2) is 0 Å². The van der Waals surface area contributed by atoms with E-state index in [1.165, 1.54) is 15.4 Å². The number of pyridine rings is 1. The maximum absolute atomic E-state index is 6.13. The zero-order valence-electron chi connectivity index (χ0n) is 14.2. The van der Waals surface area contributed by atoms with Crippen molar-refractivity contribution in [1.29, 1.82) is 0 Å². The summed E-state index contributed by atoms with van der Waals surface area (Å²) in [6.07, 6.45) is 6.45. The molecule has 2 aliphatic rings. The molecule has 4 rings (SSSR count). The molecule has 2 aliphatic heterocycles. The number of anilines is 1. The highest BCUT2D eigenvalue weighted by molar-refractivity contribution is 7.11. The first-order valence-electron chi connectivity index (χ1n) is 8.85. The van der Waals surface area contributed by atoms with E-state index in [-0.39, 0.29) is 0 Å². The molecular weight excluding hydrogens is 318 g/mol. The molecule has 0 saturated carbocycles. The van der Waals surface area contributed by atoms with Crippen LogP contribution in [0, 0.1) is 6.92 Å². The molecule has 0 spiro atoms. The summed E-state index contributed by atoms with van der Waals surface area (Å²) >= 11 is 1.92. The van der Waals surface area contributed by atoms with Crippen LogP contribution in [0.3, 0.4) is 0 Å². The summed E-state index contributed by atoms with van der Waals surface area (Å²) in [6.45, 7) is 7.31. The minimum atomic E-state index is 0.342. The van der Waals surface area contributed by atoms with Crippen molar-refractivity contribution in [1.82, 2.24) is 9.88 Å². The Labute approximate surface area is 148 Å². The fourth-order valence-corrected chi connectivity index (χ4v) is 4.86. The molecule has 128 valence electrons. The van der Waals surface area contributed by atoms with E-state index in [1.807, 2.05) is 29.8 Å². The van der Waals surface area contributed by atoms with Crippen LogP contribution in [-0.4, -0.2) is 48.3 Å². The zero-order chi connectivity index (χ0) is 16.4. The van der Waals surface area contributed by atoms with Crippen LogP contribution >= 0.6 is 11.3 Å². The van der Waals surface area contributed by atoms with Gasteiger partial charge in [-0.05, 0) is 44.0 Å². The first-order valence-corrected chi connectivity index (χ1v) is 9.67. The Morgan fingerprint density at radius 3 is 2.92 bits per heavy atom. The molecule has 4 nitrogen and oxygen atoms in total. The quantitative estimate of drug-likeness (QED) is 0.855. The number of fused-ring (bicyclic) bond motifs is 1. The monoisotopic (exact) mass is 343 g/mol. The van der Waals surface area contributed by atoms with E-state index < -0.39 is 0 Å². The fourth-order valence-electron chi connectivity index (χ4n) is 3.93. The summed E-state index contributed by atoms with van der Waals surface area (Å²) in [5, 5.41) is 0. The first kappa shape index (κ1) is 16.1. The van der Waals surface area contributed by atoms with Gasteiger partial charge in [-0.1, -0.05) is 0 Å². The molecule has 0 aromatic carbocycles. The van der Waals surface area contributed by atoms with E-state index in [1.54, 1.807) is 0 Å². The number of hydrogen-bond donors (Lipinski definition) is 0. The smallest absolute Gasteiger partial charge is 0.0791 e. The van der Waals surface area contributed by atoms with Crippen LogP contribution < -0.4 is 4.90 Å². The molecule has 0 amide bonds. The lowest BCUT2D eigenvalue weighted by Gasteiger charge is -2.41. The number of likely N-dealkylation sites (tertiary alicyclic amines) is 1. The van der Waals surface area contributed by atoms with Crippen LogP contribution in [0.2, 0.25) is 0 Å². The third-order valence-corrected chi connectivity index (χ3v) is 6.10. The third kappa shape index (κ3) is 3.48. The van der Waals surface area contributed by atoms with E-state index >= 15 is 0 Å². The lowest BCUT2D eigenvalue weighted by molar-refractivity contribution is 0.00894. The summed E-state index contributed by atoms with van der Waals surface area (Å²) in [6, 6.07) is 9.17. The van der Waals surface area contributed by atoms with Crippen LogP contribution in [0.15, 0.2) is 36.7 Å². The van der Waals surface area contributed by atoms with Crippen molar-refractivity contribution >= 4 is 17.0 Å². The number of ether oxygens (including phenoxy) is 1. The Hall–Kier alpha value is -1.43. The van der Waals surface area contributed by atoms with Crippen LogP contribution in [-0.2, 0) is 11.3 Å². The second-order valence-corrected chi connectivity index (χ2v) is 8.12. The van der Waals surface area contributed by atoms with E-state index in [0.717, 1.165) is 45.6 Å². The number of morpholine rings is 1. The fraction of sp³-hybridized carbons (Fsp3) is 0.526. The summed E-state index contributed by atoms with van der Waals surface area (Å²) < 4.78 is 6.13. The van der Waals surface area contributed by atoms with Crippen molar-refractivity contribution in [3.05, 3.63) is 46.4 Å². The molecule has 2 saturated heterocycles. The van der Waals surface area contributed by atoms with Crippen LogP contribution in [0.25, 0.3) is 0 Å². The van der Waals surface area contributed by atoms with Gasteiger partial charge in [-0.15, -0.1) is 11.3 Å². The number of hydrogen-bond acceptors (Lipinski definition) is 5. The second kappa shape index (κ2) is 7.21. The van der Waals surface area contributed by atoms with Crippen molar-refractivity contribution in [3.63, 3.8) is 0 Å². The number of aryl methyl sites for hydroxylation is 1. The molecule has 5 heteroatoms. The van der Waals surface area contributed by atoms with Gasteiger partial charge in [0.1, 0.15) is 0 Å². The Balaban J connectivity index is 1.45. The maximum Gasteiger partial charge on any atom is 0.0791 e. The Morgan fingerprint density at radius 2 is 2.12 bits per heavy atom. The van der Waals surface area contributed by atoms with Gasteiger partial charge < -0.3 is 9.64 Å². The Kier molecular flexibility index (Phi) is 4.83. The van der Waals surface area contributed by atoms with Gasteiger partial charge in [0.05, 0.1) is 30.6 Å². The van der Waals surface area contributed by atoms with Gasteiger partial charge in [0.2, 0.25) is 0 Å². The predicted molar refractivity (Wildman–Crippen MR) is 98.7 cm³/mol. The van der Waals surface area contributed by atoms with Crippen molar-refractivity contribution in [2.45, 2.75) is 38.5 Å². The molecule has 2 atom stereocenters. The number of thiophene rings is 1.